The summed E-state index contributed by atoms with van der Waals surface area (Å²) < 4.78 is 0. The molecule has 9 heteroatoms. The number of aromatic carboxylic acids is 1. The van der Waals surface area contributed by atoms with Crippen molar-refractivity contribution in [2.45, 2.75) is 13.0 Å². The number of carboxylic acids is 2. The highest BCUT2D eigenvalue weighted by Crippen LogP contribution is 2.35. The minimum absolute atomic E-state index is 0.238. The number of hydrogen-bond acceptors (Lipinski definition) is 7. The Kier molecular flexibility index (Phi) is 3.67. The Morgan fingerprint density at radius 2 is 2.18 bits per heavy atom. The molecule has 0 bridgehead atoms. The number of nitrogens with zero attached hydrogens (tertiary/aromatic N) is 3. The second-order valence-corrected chi connectivity index (χ2v) is 6.03. The van der Waals surface area contributed by atoms with Gasteiger partial charge in [-0.05, 0) is 12.5 Å². The fraction of sp³-hybridized carbons (Fsp3) is 0.385. The van der Waals surface area contributed by atoms with Crippen molar-refractivity contribution in [3.63, 3.8) is 0 Å². The summed E-state index contributed by atoms with van der Waals surface area (Å²) >= 11 is 1.11. The lowest BCUT2D eigenvalue weighted by atomic mass is 10.1. The summed E-state index contributed by atoms with van der Waals surface area (Å²) in [6.45, 7) is 3.14. The maximum Gasteiger partial charge on any atom is 0.346 e. The zero-order valence-corrected chi connectivity index (χ0v) is 12.6. The van der Waals surface area contributed by atoms with Crippen LogP contribution in [0, 0.1) is 6.92 Å². The van der Waals surface area contributed by atoms with Crippen LogP contribution in [0.1, 0.15) is 15.2 Å². The van der Waals surface area contributed by atoms with Gasteiger partial charge in [0.25, 0.3) is 0 Å². The van der Waals surface area contributed by atoms with E-state index in [1.807, 2.05) is 4.90 Å². The van der Waals surface area contributed by atoms with E-state index in [1.54, 1.807) is 6.92 Å². The SMILES string of the molecule is Cc1c(C(=O)O)sc2ncnc(N3CCN[C@@H](C(=O)O)C3)c12. The lowest BCUT2D eigenvalue weighted by Crippen LogP contribution is -2.54. The van der Waals surface area contributed by atoms with Gasteiger partial charge in [0.2, 0.25) is 0 Å². The normalized spacial score (nSPS) is 18.6. The van der Waals surface area contributed by atoms with Gasteiger partial charge in [-0.3, -0.25) is 4.79 Å². The molecular formula is C13H14N4O4S. The Bertz CT molecular complexity index is 760. The van der Waals surface area contributed by atoms with Gasteiger partial charge in [-0.25, -0.2) is 14.8 Å². The largest absolute Gasteiger partial charge is 0.480 e. The van der Waals surface area contributed by atoms with Crippen molar-refractivity contribution in [3.8, 4) is 0 Å². The molecule has 0 unspecified atom stereocenters. The van der Waals surface area contributed by atoms with E-state index in [-0.39, 0.29) is 11.4 Å². The maximum atomic E-state index is 11.3. The summed E-state index contributed by atoms with van der Waals surface area (Å²) in [5, 5.41) is 22.0. The van der Waals surface area contributed by atoms with E-state index in [1.165, 1.54) is 6.33 Å². The maximum absolute atomic E-state index is 11.3. The van der Waals surface area contributed by atoms with Gasteiger partial charge in [-0.1, -0.05) is 0 Å². The minimum atomic E-state index is -0.991. The van der Waals surface area contributed by atoms with Crippen molar-refractivity contribution >= 4 is 39.3 Å². The minimum Gasteiger partial charge on any atom is -0.480 e. The van der Waals surface area contributed by atoms with Gasteiger partial charge in [0.1, 0.15) is 27.9 Å². The third-order valence-corrected chi connectivity index (χ3v) is 4.86. The number of rotatable bonds is 3. The van der Waals surface area contributed by atoms with E-state index in [0.29, 0.717) is 34.7 Å². The molecule has 8 nitrogen and oxygen atoms in total. The number of hydrogen-bond donors (Lipinski definition) is 3. The highest BCUT2D eigenvalue weighted by Gasteiger charge is 2.28. The first-order valence-corrected chi connectivity index (χ1v) is 7.49. The van der Waals surface area contributed by atoms with E-state index < -0.39 is 18.0 Å². The summed E-state index contributed by atoms with van der Waals surface area (Å²) in [6, 6.07) is -0.670. The Hall–Kier alpha value is -2.26. The molecule has 3 N–H and O–H groups in total. The first-order valence-electron chi connectivity index (χ1n) is 6.67. The number of aromatic nitrogens is 2. The van der Waals surface area contributed by atoms with Crippen molar-refractivity contribution in [2.75, 3.05) is 24.5 Å². The molecule has 22 heavy (non-hydrogen) atoms. The summed E-state index contributed by atoms with van der Waals surface area (Å²) in [4.78, 5) is 33.6. The second-order valence-electron chi connectivity index (χ2n) is 5.03. The van der Waals surface area contributed by atoms with Gasteiger partial charge < -0.3 is 20.4 Å². The van der Waals surface area contributed by atoms with Gasteiger partial charge in [0.05, 0.1) is 5.39 Å². The van der Waals surface area contributed by atoms with Gasteiger partial charge >= 0.3 is 11.9 Å². The van der Waals surface area contributed by atoms with Gasteiger partial charge in [0, 0.05) is 19.6 Å². The van der Waals surface area contributed by atoms with E-state index >= 15 is 0 Å². The number of thiophene rings is 1. The molecule has 116 valence electrons. The van der Waals surface area contributed by atoms with Crippen LogP contribution in [0.3, 0.4) is 0 Å². The lowest BCUT2D eigenvalue weighted by molar-refractivity contribution is -0.139. The predicted molar refractivity (Wildman–Crippen MR) is 80.8 cm³/mol. The standard InChI is InChI=1S/C13H14N4O4S/c1-6-8-10(17-3-2-14-7(4-17)12(18)19)15-5-16-11(8)22-9(6)13(20)21/h5,7,14H,2-4H2,1H3,(H,18,19)(H,20,21)/t7-/m1/s1. The number of nitrogens with one attached hydrogen (secondary N) is 1. The summed E-state index contributed by atoms with van der Waals surface area (Å²) in [7, 11) is 0. The summed E-state index contributed by atoms with van der Waals surface area (Å²) in [5.74, 6) is -1.31. The third-order valence-electron chi connectivity index (χ3n) is 3.67. The highest BCUT2D eigenvalue weighted by molar-refractivity contribution is 7.20. The van der Waals surface area contributed by atoms with Crippen LogP contribution in [0.15, 0.2) is 6.33 Å². The monoisotopic (exact) mass is 322 g/mol. The number of anilines is 1. The van der Waals surface area contributed by atoms with Crippen molar-refractivity contribution in [1.82, 2.24) is 15.3 Å². The van der Waals surface area contributed by atoms with E-state index in [0.717, 1.165) is 11.3 Å². The van der Waals surface area contributed by atoms with Crippen molar-refractivity contribution in [3.05, 3.63) is 16.8 Å². The summed E-state index contributed by atoms with van der Waals surface area (Å²) in [6.07, 6.45) is 1.39. The average molecular weight is 322 g/mol. The molecule has 1 atom stereocenters. The number of piperazine rings is 1. The molecule has 2 aromatic heterocycles. The van der Waals surface area contributed by atoms with Gasteiger partial charge in [0.15, 0.2) is 0 Å². The van der Waals surface area contributed by atoms with E-state index in [4.69, 9.17) is 5.11 Å². The van der Waals surface area contributed by atoms with Crippen molar-refractivity contribution < 1.29 is 19.8 Å². The Morgan fingerprint density at radius 3 is 2.86 bits per heavy atom. The van der Waals surface area contributed by atoms with Gasteiger partial charge in [-0.15, -0.1) is 11.3 Å². The summed E-state index contributed by atoms with van der Waals surface area (Å²) in [5.41, 5.74) is 0.619. The number of carboxylic acid groups (broad SMARTS) is 2. The van der Waals surface area contributed by atoms with Crippen LogP contribution in [0.4, 0.5) is 5.82 Å². The van der Waals surface area contributed by atoms with Crippen LogP contribution in [0.25, 0.3) is 10.2 Å². The zero-order valence-electron chi connectivity index (χ0n) is 11.7. The molecule has 3 heterocycles. The fourth-order valence-corrected chi connectivity index (χ4v) is 3.59. The molecule has 1 fully saturated rings. The predicted octanol–water partition coefficient (Wildman–Crippen LogP) is 0.561. The topological polar surface area (TPSA) is 116 Å². The van der Waals surface area contributed by atoms with Crippen LogP contribution in [-0.2, 0) is 4.79 Å². The van der Waals surface area contributed by atoms with Crippen LogP contribution in [0.5, 0.6) is 0 Å². The Morgan fingerprint density at radius 1 is 1.41 bits per heavy atom. The van der Waals surface area contributed by atoms with Crippen molar-refractivity contribution in [2.24, 2.45) is 0 Å². The molecule has 0 radical (unpaired) electrons. The molecular weight excluding hydrogens is 308 g/mol. The quantitative estimate of drug-likeness (QED) is 0.751. The second kappa shape index (κ2) is 5.50. The third kappa shape index (κ3) is 2.38. The van der Waals surface area contributed by atoms with Crippen LogP contribution in [-0.4, -0.2) is 57.8 Å². The molecule has 0 aliphatic carbocycles. The molecule has 0 saturated carbocycles. The van der Waals surface area contributed by atoms with Crippen LogP contribution < -0.4 is 10.2 Å². The van der Waals surface area contributed by atoms with E-state index in [9.17, 15) is 14.7 Å². The molecule has 0 amide bonds. The van der Waals surface area contributed by atoms with E-state index in [2.05, 4.69) is 15.3 Å². The number of fused-ring (bicyclic) bond motifs is 1. The highest BCUT2D eigenvalue weighted by atomic mass is 32.1. The number of aliphatic carboxylic acids is 1. The van der Waals surface area contributed by atoms with Crippen LogP contribution >= 0.6 is 11.3 Å². The lowest BCUT2D eigenvalue weighted by Gasteiger charge is -2.32. The number of carbonyl (C=O) groups is 2. The zero-order chi connectivity index (χ0) is 15.9. The average Bonchev–Trinajstić information content (AvgIpc) is 2.85. The van der Waals surface area contributed by atoms with Crippen molar-refractivity contribution in [1.29, 1.82) is 0 Å². The molecule has 0 aromatic carbocycles. The Labute approximate surface area is 129 Å². The van der Waals surface area contributed by atoms with Crippen LogP contribution in [0.2, 0.25) is 0 Å². The van der Waals surface area contributed by atoms with Gasteiger partial charge in [-0.2, -0.15) is 0 Å². The molecule has 1 aliphatic rings. The molecule has 3 rings (SSSR count). The molecule has 0 spiro atoms. The first-order chi connectivity index (χ1) is 10.5. The molecule has 2 aromatic rings. The number of aryl methyl sites for hydroxylation is 1. The Balaban J connectivity index is 2.07. The molecule has 1 saturated heterocycles. The smallest absolute Gasteiger partial charge is 0.346 e. The fourth-order valence-electron chi connectivity index (χ4n) is 2.60. The first kappa shape index (κ1) is 14.7. The molecule has 1 aliphatic heterocycles.